The van der Waals surface area contributed by atoms with Gasteiger partial charge in [0.25, 0.3) is 0 Å². The Labute approximate surface area is 267 Å². The van der Waals surface area contributed by atoms with Gasteiger partial charge in [0.15, 0.2) is 15.9 Å². The number of nitrogens with zero attached hydrogens (tertiary/aromatic N) is 2. The van der Waals surface area contributed by atoms with Gasteiger partial charge in [-0.05, 0) is 83.7 Å². The minimum Gasteiger partial charge on any atom is -0.490 e. The zero-order chi connectivity index (χ0) is 33.3. The number of carbonyl (C=O) groups is 3. The first-order valence-corrected chi connectivity index (χ1v) is 17.6. The van der Waals surface area contributed by atoms with Crippen molar-refractivity contribution in [3.63, 3.8) is 0 Å². The van der Waals surface area contributed by atoms with Crippen LogP contribution < -0.4 is 10.5 Å². The fourth-order valence-electron chi connectivity index (χ4n) is 5.56. The molecular weight excluding hydrogens is 602 g/mol. The highest BCUT2D eigenvalue weighted by atomic mass is 32.2. The van der Waals surface area contributed by atoms with Crippen molar-refractivity contribution in [2.24, 2.45) is 5.73 Å². The normalized spacial score (nSPS) is 19.8. The van der Waals surface area contributed by atoms with E-state index < -0.39 is 38.5 Å². The SMILES string of the molecule is CCCCS(=O)(=O)C(N)(Cc1ccc(OCC2CN(CCCC(C(=O)OC(C)(C)C)N3CCCCC3)C(=O)O2)cc1)C(=O)OC. The van der Waals surface area contributed by atoms with Crippen LogP contribution in [-0.4, -0.2) is 105 Å². The minimum absolute atomic E-state index is 0.129. The summed E-state index contributed by atoms with van der Waals surface area (Å²) in [5, 5.41) is 0. The van der Waals surface area contributed by atoms with Gasteiger partial charge in [0.2, 0.25) is 4.87 Å². The van der Waals surface area contributed by atoms with Crippen LogP contribution in [0, 0.1) is 0 Å². The van der Waals surface area contributed by atoms with Crippen LogP contribution in [0.5, 0.6) is 5.75 Å². The molecule has 3 rings (SSSR count). The summed E-state index contributed by atoms with van der Waals surface area (Å²) in [6.45, 7) is 10.1. The molecule has 2 aliphatic heterocycles. The van der Waals surface area contributed by atoms with E-state index in [1.807, 2.05) is 27.7 Å². The van der Waals surface area contributed by atoms with Crippen LogP contribution in [0.15, 0.2) is 24.3 Å². The van der Waals surface area contributed by atoms with Crippen molar-refractivity contribution in [2.45, 2.75) is 102 Å². The lowest BCUT2D eigenvalue weighted by Gasteiger charge is -2.35. The highest BCUT2D eigenvalue weighted by Crippen LogP contribution is 2.25. The molecule has 12 nitrogen and oxygen atoms in total. The Balaban J connectivity index is 1.51. The number of amides is 1. The van der Waals surface area contributed by atoms with Gasteiger partial charge in [-0.2, -0.15) is 0 Å². The molecule has 2 aliphatic rings. The van der Waals surface area contributed by atoms with E-state index in [-0.39, 0.29) is 30.8 Å². The number of esters is 2. The zero-order valence-electron chi connectivity index (χ0n) is 27.4. The Morgan fingerprint density at radius 2 is 1.76 bits per heavy atom. The third kappa shape index (κ3) is 10.3. The fraction of sp³-hybridized carbons (Fsp3) is 0.719. The fourth-order valence-corrected chi connectivity index (χ4v) is 7.32. The number of nitrogens with two attached hydrogens (primary N) is 1. The number of sulfone groups is 1. The molecule has 0 aromatic heterocycles. The van der Waals surface area contributed by atoms with Crippen LogP contribution in [-0.2, 0) is 40.1 Å². The maximum atomic E-state index is 13.0. The van der Waals surface area contributed by atoms with Crippen LogP contribution >= 0.6 is 0 Å². The van der Waals surface area contributed by atoms with Crippen molar-refractivity contribution in [1.82, 2.24) is 9.80 Å². The molecule has 2 saturated heterocycles. The van der Waals surface area contributed by atoms with Gasteiger partial charge in [-0.3, -0.25) is 9.69 Å². The van der Waals surface area contributed by atoms with Crippen molar-refractivity contribution < 1.29 is 41.7 Å². The van der Waals surface area contributed by atoms with Crippen LogP contribution in [0.2, 0.25) is 0 Å². The van der Waals surface area contributed by atoms with Crippen LogP contribution in [0.3, 0.4) is 0 Å². The van der Waals surface area contributed by atoms with Crippen LogP contribution in [0.4, 0.5) is 4.79 Å². The number of methoxy groups -OCH3 is 1. The summed E-state index contributed by atoms with van der Waals surface area (Å²) in [4.78, 5) is 39.6. The number of cyclic esters (lactones) is 1. The summed E-state index contributed by atoms with van der Waals surface area (Å²) >= 11 is 0. The lowest BCUT2D eigenvalue weighted by molar-refractivity contribution is -0.162. The van der Waals surface area contributed by atoms with Crippen molar-refractivity contribution in [2.75, 3.05) is 45.6 Å². The van der Waals surface area contributed by atoms with Gasteiger partial charge in [-0.1, -0.05) is 31.9 Å². The van der Waals surface area contributed by atoms with E-state index in [4.69, 9.17) is 24.7 Å². The molecule has 1 aromatic rings. The number of likely N-dealkylation sites (tertiary alicyclic amines) is 1. The average molecular weight is 654 g/mol. The molecule has 3 atom stereocenters. The predicted molar refractivity (Wildman–Crippen MR) is 169 cm³/mol. The van der Waals surface area contributed by atoms with Crippen LogP contribution in [0.1, 0.15) is 78.2 Å². The highest BCUT2D eigenvalue weighted by Gasteiger charge is 2.48. The Morgan fingerprint density at radius 1 is 1.09 bits per heavy atom. The molecule has 2 heterocycles. The lowest BCUT2D eigenvalue weighted by atomic mass is 10.0. The third-order valence-electron chi connectivity index (χ3n) is 8.04. The standard InChI is InChI=1S/C32H51N3O9S/c1-6-7-20-45(39,40)32(33,29(37)41-5)21-24-13-15-25(16-14-24)42-23-26-22-35(30(38)43-26)19-11-12-27(28(36)44-31(2,3)4)34-17-9-8-10-18-34/h13-16,26-27H,6-12,17-23,33H2,1-5H3. The van der Waals surface area contributed by atoms with E-state index >= 15 is 0 Å². The number of unbranched alkanes of at least 4 members (excludes halogenated alkanes) is 1. The Kier molecular flexibility index (Phi) is 13.1. The molecular formula is C32H51N3O9S. The largest absolute Gasteiger partial charge is 0.490 e. The second-order valence-electron chi connectivity index (χ2n) is 12.9. The summed E-state index contributed by atoms with van der Waals surface area (Å²) in [6.07, 6.45) is 4.40. The first-order valence-electron chi connectivity index (χ1n) is 15.9. The Morgan fingerprint density at radius 3 is 2.36 bits per heavy atom. The van der Waals surface area contributed by atoms with Crippen molar-refractivity contribution in [1.29, 1.82) is 0 Å². The molecule has 254 valence electrons. The monoisotopic (exact) mass is 653 g/mol. The van der Waals surface area contributed by atoms with Crippen molar-refractivity contribution in [3.8, 4) is 5.75 Å². The van der Waals surface area contributed by atoms with E-state index in [1.54, 1.807) is 29.2 Å². The van der Waals surface area contributed by atoms with Gasteiger partial charge < -0.3 is 29.6 Å². The number of carbonyl (C=O) groups excluding carboxylic acids is 3. The van der Waals surface area contributed by atoms with Crippen molar-refractivity contribution in [3.05, 3.63) is 29.8 Å². The quantitative estimate of drug-likeness (QED) is 0.206. The van der Waals surface area contributed by atoms with Gasteiger partial charge in [0, 0.05) is 13.0 Å². The Bertz CT molecular complexity index is 1240. The minimum atomic E-state index is -3.97. The number of piperidine rings is 1. The summed E-state index contributed by atoms with van der Waals surface area (Å²) in [7, 11) is -2.86. The molecule has 2 N–H and O–H groups in total. The van der Waals surface area contributed by atoms with Crippen LogP contribution in [0.25, 0.3) is 0 Å². The molecule has 1 aromatic carbocycles. The summed E-state index contributed by atoms with van der Waals surface area (Å²) < 4.78 is 47.6. The average Bonchev–Trinajstić information content (AvgIpc) is 3.35. The second-order valence-corrected chi connectivity index (χ2v) is 15.3. The second kappa shape index (κ2) is 16.1. The summed E-state index contributed by atoms with van der Waals surface area (Å²) in [6, 6.07) is 6.26. The molecule has 0 spiro atoms. The number of benzene rings is 1. The third-order valence-corrected chi connectivity index (χ3v) is 10.3. The molecule has 0 saturated carbocycles. The number of ether oxygens (including phenoxy) is 4. The zero-order valence-corrected chi connectivity index (χ0v) is 28.2. The molecule has 0 bridgehead atoms. The number of rotatable bonds is 16. The topological polar surface area (TPSA) is 155 Å². The van der Waals surface area contributed by atoms with E-state index in [0.29, 0.717) is 50.1 Å². The molecule has 0 aliphatic carbocycles. The Hall–Kier alpha value is -2.90. The van der Waals surface area contributed by atoms with Gasteiger partial charge in [0.05, 0.1) is 19.4 Å². The van der Waals surface area contributed by atoms with E-state index in [9.17, 15) is 22.8 Å². The number of hydrogen-bond acceptors (Lipinski definition) is 11. The van der Waals surface area contributed by atoms with Crippen molar-refractivity contribution >= 4 is 27.9 Å². The number of hydrogen-bond donors (Lipinski definition) is 1. The summed E-state index contributed by atoms with van der Waals surface area (Å²) in [5.41, 5.74) is 6.13. The predicted octanol–water partition coefficient (Wildman–Crippen LogP) is 3.45. The van der Waals surface area contributed by atoms with Gasteiger partial charge in [0.1, 0.15) is 24.0 Å². The lowest BCUT2D eigenvalue weighted by Crippen LogP contribution is -2.57. The van der Waals surface area contributed by atoms with Gasteiger partial charge in [-0.25, -0.2) is 18.0 Å². The maximum absolute atomic E-state index is 13.0. The highest BCUT2D eigenvalue weighted by molar-refractivity contribution is 7.93. The molecule has 3 unspecified atom stereocenters. The van der Waals surface area contributed by atoms with E-state index in [1.165, 1.54) is 0 Å². The molecule has 45 heavy (non-hydrogen) atoms. The molecule has 1 amide bonds. The molecule has 2 fully saturated rings. The molecule has 13 heteroatoms. The maximum Gasteiger partial charge on any atom is 0.410 e. The van der Waals surface area contributed by atoms with E-state index in [2.05, 4.69) is 4.90 Å². The first-order chi connectivity index (χ1) is 21.2. The first kappa shape index (κ1) is 36.6. The molecule has 0 radical (unpaired) electrons. The van der Waals surface area contributed by atoms with Gasteiger partial charge in [-0.15, -0.1) is 0 Å². The smallest absolute Gasteiger partial charge is 0.410 e. The van der Waals surface area contributed by atoms with E-state index in [0.717, 1.165) is 39.5 Å². The summed E-state index contributed by atoms with van der Waals surface area (Å²) in [5.74, 6) is -0.940. The van der Waals surface area contributed by atoms with Gasteiger partial charge >= 0.3 is 18.0 Å².